The number of benzene rings is 1. The van der Waals surface area contributed by atoms with Crippen molar-refractivity contribution in [2.24, 2.45) is 0 Å². The van der Waals surface area contributed by atoms with Gasteiger partial charge in [-0.1, -0.05) is 22.9 Å². The Hall–Kier alpha value is -3.39. The van der Waals surface area contributed by atoms with E-state index in [1.807, 2.05) is 36.6 Å². The molecule has 34 heavy (non-hydrogen) atoms. The molecule has 176 valence electrons. The summed E-state index contributed by atoms with van der Waals surface area (Å²) in [6.07, 6.45) is 1.56. The van der Waals surface area contributed by atoms with Crippen LogP contribution in [0.15, 0.2) is 29.8 Å². The van der Waals surface area contributed by atoms with Crippen molar-refractivity contribution in [2.45, 2.75) is 13.8 Å². The van der Waals surface area contributed by atoms with Crippen LogP contribution in [0.4, 0.5) is 10.3 Å². The van der Waals surface area contributed by atoms with Gasteiger partial charge in [-0.25, -0.2) is 0 Å². The Bertz CT molecular complexity index is 1290. The highest BCUT2D eigenvalue weighted by Crippen LogP contribution is 2.31. The van der Waals surface area contributed by atoms with Crippen LogP contribution < -0.4 is 15.0 Å². The van der Waals surface area contributed by atoms with E-state index in [0.717, 1.165) is 35.7 Å². The van der Waals surface area contributed by atoms with Gasteiger partial charge in [0.2, 0.25) is 10.3 Å². The molecule has 3 heterocycles. The molecule has 1 aromatic carbocycles. The second kappa shape index (κ2) is 10.3. The summed E-state index contributed by atoms with van der Waals surface area (Å²) in [4.78, 5) is 14.9. The number of carbonyl (C=O) groups is 1. The molecule has 0 spiro atoms. The van der Waals surface area contributed by atoms with Gasteiger partial charge in [0.1, 0.15) is 17.4 Å². The molecule has 0 aliphatic carbocycles. The van der Waals surface area contributed by atoms with Crippen LogP contribution in [-0.2, 0) is 9.53 Å². The lowest BCUT2D eigenvalue weighted by molar-refractivity contribution is -0.112. The number of methoxy groups -OCH3 is 1. The van der Waals surface area contributed by atoms with E-state index in [-0.39, 0.29) is 5.57 Å². The van der Waals surface area contributed by atoms with Gasteiger partial charge in [0.15, 0.2) is 0 Å². The molecule has 0 atom stereocenters. The number of anilines is 2. The smallest absolute Gasteiger partial charge is 0.268 e. The molecule has 0 bridgehead atoms. The number of rotatable bonds is 6. The van der Waals surface area contributed by atoms with E-state index in [1.165, 1.54) is 11.3 Å². The molecule has 2 aromatic heterocycles. The maximum atomic E-state index is 12.8. The topological polar surface area (TPSA) is 105 Å². The van der Waals surface area contributed by atoms with Crippen LogP contribution in [0.25, 0.3) is 11.8 Å². The van der Waals surface area contributed by atoms with Gasteiger partial charge < -0.3 is 18.9 Å². The number of aromatic nitrogens is 3. The Morgan fingerprint density at radius 3 is 2.76 bits per heavy atom. The van der Waals surface area contributed by atoms with Crippen molar-refractivity contribution < 1.29 is 14.3 Å². The van der Waals surface area contributed by atoms with Gasteiger partial charge in [0.05, 0.1) is 26.0 Å². The monoisotopic (exact) mass is 498 g/mol. The molecular formula is C23H23ClN6O3S. The summed E-state index contributed by atoms with van der Waals surface area (Å²) in [5.41, 5.74) is 3.21. The number of amides is 1. The molecule has 1 aliphatic rings. The van der Waals surface area contributed by atoms with Gasteiger partial charge in [-0.2, -0.15) is 5.26 Å². The van der Waals surface area contributed by atoms with Crippen molar-refractivity contribution >= 4 is 45.2 Å². The fraction of sp³-hybridized carbons (Fsp3) is 0.304. The third-order valence-corrected chi connectivity index (χ3v) is 6.57. The van der Waals surface area contributed by atoms with E-state index >= 15 is 0 Å². The molecular weight excluding hydrogens is 476 g/mol. The molecule has 1 amide bonds. The fourth-order valence-electron chi connectivity index (χ4n) is 3.76. The number of nitrogens with one attached hydrogen (secondary N) is 1. The van der Waals surface area contributed by atoms with Gasteiger partial charge in [0, 0.05) is 29.5 Å². The standard InChI is InChI=1S/C23H23ClN6O3S/c1-14-10-16(15(2)30(14)19-12-18(24)4-5-20(19)32-3)11-17(13-25)21(31)26-22-27-28-23(34-22)29-6-8-33-9-7-29/h4-5,10-12H,6-9H2,1-3H3,(H,26,27,31)/b17-11-. The lowest BCUT2D eigenvalue weighted by atomic mass is 10.1. The van der Waals surface area contributed by atoms with E-state index in [4.69, 9.17) is 21.1 Å². The van der Waals surface area contributed by atoms with E-state index in [9.17, 15) is 10.1 Å². The number of nitrogens with zero attached hydrogens (tertiary/aromatic N) is 5. The van der Waals surface area contributed by atoms with Crippen molar-refractivity contribution in [3.05, 3.63) is 51.8 Å². The molecule has 0 radical (unpaired) electrons. The third-order valence-electron chi connectivity index (χ3n) is 5.43. The van der Waals surface area contributed by atoms with Crippen LogP contribution in [0.1, 0.15) is 17.0 Å². The van der Waals surface area contributed by atoms with E-state index < -0.39 is 5.91 Å². The fourth-order valence-corrected chi connectivity index (χ4v) is 4.72. The molecule has 1 aliphatic heterocycles. The predicted molar refractivity (Wildman–Crippen MR) is 132 cm³/mol. The Morgan fingerprint density at radius 1 is 1.29 bits per heavy atom. The number of carbonyl (C=O) groups excluding carboxylic acids is 1. The molecule has 4 rings (SSSR count). The minimum atomic E-state index is -0.544. The highest BCUT2D eigenvalue weighted by Gasteiger charge is 2.19. The zero-order valence-corrected chi connectivity index (χ0v) is 20.5. The van der Waals surface area contributed by atoms with E-state index in [2.05, 4.69) is 20.4 Å². The number of halogens is 1. The molecule has 11 heteroatoms. The number of morpholine rings is 1. The quantitative estimate of drug-likeness (QED) is 0.404. The highest BCUT2D eigenvalue weighted by atomic mass is 35.5. The Morgan fingerprint density at radius 2 is 2.06 bits per heavy atom. The molecule has 1 saturated heterocycles. The molecule has 1 fully saturated rings. The van der Waals surface area contributed by atoms with Crippen LogP contribution in [0.2, 0.25) is 5.02 Å². The Balaban J connectivity index is 1.58. The van der Waals surface area contributed by atoms with Gasteiger partial charge in [0.25, 0.3) is 5.91 Å². The van der Waals surface area contributed by atoms with Crippen molar-refractivity contribution in [1.29, 1.82) is 5.26 Å². The lowest BCUT2D eigenvalue weighted by Crippen LogP contribution is -2.36. The zero-order valence-electron chi connectivity index (χ0n) is 19.0. The summed E-state index contributed by atoms with van der Waals surface area (Å²) in [5, 5.41) is 22.2. The number of hydrogen-bond acceptors (Lipinski definition) is 8. The van der Waals surface area contributed by atoms with Crippen LogP contribution in [0.3, 0.4) is 0 Å². The van der Waals surface area contributed by atoms with E-state index in [0.29, 0.717) is 34.2 Å². The Labute approximate surface area is 206 Å². The van der Waals surface area contributed by atoms with Crippen molar-refractivity contribution in [1.82, 2.24) is 14.8 Å². The number of hydrogen-bond donors (Lipinski definition) is 1. The number of nitriles is 1. The average Bonchev–Trinajstić information content (AvgIpc) is 3.41. The minimum absolute atomic E-state index is 0.0403. The van der Waals surface area contributed by atoms with Crippen LogP contribution in [-0.4, -0.2) is 54.1 Å². The minimum Gasteiger partial charge on any atom is -0.495 e. The van der Waals surface area contributed by atoms with Crippen LogP contribution in [0.5, 0.6) is 5.75 Å². The first kappa shape index (κ1) is 23.8. The van der Waals surface area contributed by atoms with Gasteiger partial charge in [-0.15, -0.1) is 10.2 Å². The summed E-state index contributed by atoms with van der Waals surface area (Å²) < 4.78 is 12.8. The molecule has 0 unspecified atom stereocenters. The maximum absolute atomic E-state index is 12.8. The maximum Gasteiger partial charge on any atom is 0.268 e. The SMILES string of the molecule is COc1ccc(Cl)cc1-n1c(C)cc(/C=C(/C#N)C(=O)Nc2nnc(N3CCOCC3)s2)c1C. The molecule has 1 N–H and O–H groups in total. The van der Waals surface area contributed by atoms with Crippen molar-refractivity contribution in [3.8, 4) is 17.5 Å². The summed E-state index contributed by atoms with van der Waals surface area (Å²) in [6.45, 7) is 6.54. The Kier molecular flexibility index (Phi) is 7.17. The highest BCUT2D eigenvalue weighted by molar-refractivity contribution is 7.19. The average molecular weight is 499 g/mol. The second-order valence-corrected chi connectivity index (χ2v) is 8.98. The van der Waals surface area contributed by atoms with Gasteiger partial charge in [-0.3, -0.25) is 10.1 Å². The second-order valence-electron chi connectivity index (χ2n) is 7.59. The number of ether oxygens (including phenoxy) is 2. The van der Waals surface area contributed by atoms with Crippen molar-refractivity contribution in [2.75, 3.05) is 43.6 Å². The summed E-state index contributed by atoms with van der Waals surface area (Å²) in [7, 11) is 1.60. The van der Waals surface area contributed by atoms with Crippen molar-refractivity contribution in [3.63, 3.8) is 0 Å². The van der Waals surface area contributed by atoms with Gasteiger partial charge >= 0.3 is 0 Å². The lowest BCUT2D eigenvalue weighted by Gasteiger charge is -2.25. The first-order valence-electron chi connectivity index (χ1n) is 10.5. The molecule has 0 saturated carbocycles. The third kappa shape index (κ3) is 4.92. The summed E-state index contributed by atoms with van der Waals surface area (Å²) >= 11 is 7.48. The molecule has 3 aromatic rings. The predicted octanol–water partition coefficient (Wildman–Crippen LogP) is 3.99. The largest absolute Gasteiger partial charge is 0.495 e. The van der Waals surface area contributed by atoms with Crippen LogP contribution >= 0.6 is 22.9 Å². The summed E-state index contributed by atoms with van der Waals surface area (Å²) in [6, 6.07) is 9.27. The van der Waals surface area contributed by atoms with Crippen LogP contribution in [0, 0.1) is 25.2 Å². The first-order chi connectivity index (χ1) is 16.4. The van der Waals surface area contributed by atoms with Gasteiger partial charge in [-0.05, 0) is 49.8 Å². The van der Waals surface area contributed by atoms with E-state index in [1.54, 1.807) is 25.3 Å². The summed E-state index contributed by atoms with van der Waals surface area (Å²) in [5.74, 6) is 0.115. The zero-order chi connectivity index (χ0) is 24.2. The normalized spacial score (nSPS) is 14.1. The molecule has 9 nitrogen and oxygen atoms in total. The first-order valence-corrected chi connectivity index (χ1v) is 11.7. The number of aryl methyl sites for hydroxylation is 1.